The van der Waals surface area contributed by atoms with Gasteiger partial charge in [0.05, 0.1) is 0 Å². The molecule has 0 radical (unpaired) electrons. The monoisotopic (exact) mass is 253 g/mol. The second-order valence-corrected chi connectivity index (χ2v) is 5.64. The summed E-state index contributed by atoms with van der Waals surface area (Å²) in [5.41, 5.74) is 4.35. The lowest BCUT2D eigenvalue weighted by Crippen LogP contribution is -2.11. The second-order valence-electron chi connectivity index (χ2n) is 5.64. The molecule has 2 rings (SSSR count). The molecule has 0 bridgehead atoms. The van der Waals surface area contributed by atoms with Crippen molar-refractivity contribution < 1.29 is 4.79 Å². The van der Waals surface area contributed by atoms with Crippen molar-refractivity contribution in [2.75, 3.05) is 5.32 Å². The Kier molecular flexibility index (Phi) is 3.70. The molecule has 0 aliphatic carbocycles. The van der Waals surface area contributed by atoms with E-state index in [1.54, 1.807) is 0 Å². The van der Waals surface area contributed by atoms with Gasteiger partial charge in [0.2, 0.25) is 6.41 Å². The SMILES string of the molecule is CC(C)(C)c1ccc(NC=O)c(-c2ccccc2)c1. The Morgan fingerprint density at radius 3 is 2.26 bits per heavy atom. The number of rotatable bonds is 3. The number of carbonyl (C=O) groups is 1. The smallest absolute Gasteiger partial charge is 0.211 e. The van der Waals surface area contributed by atoms with E-state index in [4.69, 9.17) is 0 Å². The van der Waals surface area contributed by atoms with Crippen molar-refractivity contribution in [1.82, 2.24) is 0 Å². The number of anilines is 1. The lowest BCUT2D eigenvalue weighted by Gasteiger charge is -2.21. The molecule has 0 fully saturated rings. The molecule has 0 aromatic heterocycles. The van der Waals surface area contributed by atoms with Crippen molar-refractivity contribution in [3.63, 3.8) is 0 Å². The van der Waals surface area contributed by atoms with Gasteiger partial charge in [-0.3, -0.25) is 4.79 Å². The number of amides is 1. The lowest BCUT2D eigenvalue weighted by atomic mass is 9.85. The molecule has 2 aromatic carbocycles. The normalized spacial score (nSPS) is 11.1. The average Bonchev–Trinajstić information content (AvgIpc) is 2.39. The van der Waals surface area contributed by atoms with Crippen LogP contribution in [0.15, 0.2) is 48.5 Å². The second kappa shape index (κ2) is 5.27. The number of benzene rings is 2. The van der Waals surface area contributed by atoms with Crippen LogP contribution in [0.25, 0.3) is 11.1 Å². The molecule has 2 heteroatoms. The summed E-state index contributed by atoms with van der Waals surface area (Å²) in [5, 5.41) is 2.77. The van der Waals surface area contributed by atoms with Gasteiger partial charge >= 0.3 is 0 Å². The zero-order valence-electron chi connectivity index (χ0n) is 11.6. The van der Waals surface area contributed by atoms with Gasteiger partial charge in [-0.15, -0.1) is 0 Å². The molecular formula is C17H19NO. The Balaban J connectivity index is 2.57. The lowest BCUT2D eigenvalue weighted by molar-refractivity contribution is -0.105. The van der Waals surface area contributed by atoms with Gasteiger partial charge in [-0.1, -0.05) is 57.2 Å². The third kappa shape index (κ3) is 3.02. The van der Waals surface area contributed by atoms with Crippen LogP contribution in [-0.2, 0) is 10.2 Å². The fraction of sp³-hybridized carbons (Fsp3) is 0.235. The molecule has 0 saturated heterocycles. The first kappa shape index (κ1) is 13.3. The van der Waals surface area contributed by atoms with Crippen LogP contribution in [-0.4, -0.2) is 6.41 Å². The first-order valence-electron chi connectivity index (χ1n) is 6.42. The van der Waals surface area contributed by atoms with Gasteiger partial charge in [-0.05, 0) is 28.7 Å². The van der Waals surface area contributed by atoms with Crippen LogP contribution in [0.3, 0.4) is 0 Å². The van der Waals surface area contributed by atoms with E-state index < -0.39 is 0 Å². The molecule has 2 nitrogen and oxygen atoms in total. The van der Waals surface area contributed by atoms with Gasteiger partial charge in [-0.25, -0.2) is 0 Å². The van der Waals surface area contributed by atoms with E-state index >= 15 is 0 Å². The highest BCUT2D eigenvalue weighted by molar-refractivity contribution is 5.85. The van der Waals surface area contributed by atoms with Crippen LogP contribution in [0.1, 0.15) is 26.3 Å². The average molecular weight is 253 g/mol. The highest BCUT2D eigenvalue weighted by atomic mass is 16.1. The maximum Gasteiger partial charge on any atom is 0.211 e. The Hall–Kier alpha value is -2.09. The summed E-state index contributed by atoms with van der Waals surface area (Å²) in [7, 11) is 0. The summed E-state index contributed by atoms with van der Waals surface area (Å²) >= 11 is 0. The fourth-order valence-corrected chi connectivity index (χ4v) is 2.06. The van der Waals surface area contributed by atoms with Crippen molar-refractivity contribution >= 4 is 12.1 Å². The van der Waals surface area contributed by atoms with E-state index in [1.807, 2.05) is 24.3 Å². The molecule has 0 aliphatic rings. The molecule has 0 heterocycles. The Labute approximate surface area is 114 Å². The van der Waals surface area contributed by atoms with Crippen LogP contribution in [0, 0.1) is 0 Å². The summed E-state index contributed by atoms with van der Waals surface area (Å²) in [6, 6.07) is 16.3. The Bertz CT molecular complexity index is 568. The van der Waals surface area contributed by atoms with E-state index in [0.717, 1.165) is 23.2 Å². The van der Waals surface area contributed by atoms with Crippen molar-refractivity contribution in [2.24, 2.45) is 0 Å². The zero-order valence-corrected chi connectivity index (χ0v) is 11.6. The summed E-state index contributed by atoms with van der Waals surface area (Å²) in [4.78, 5) is 10.7. The van der Waals surface area contributed by atoms with E-state index in [2.05, 4.69) is 50.4 Å². The molecule has 98 valence electrons. The molecule has 2 aromatic rings. The van der Waals surface area contributed by atoms with Gasteiger partial charge in [-0.2, -0.15) is 0 Å². The van der Waals surface area contributed by atoms with Gasteiger partial charge in [0.25, 0.3) is 0 Å². The first-order chi connectivity index (χ1) is 9.02. The largest absolute Gasteiger partial charge is 0.328 e. The van der Waals surface area contributed by atoms with Crippen molar-refractivity contribution in [2.45, 2.75) is 26.2 Å². The van der Waals surface area contributed by atoms with E-state index in [0.29, 0.717) is 0 Å². The predicted octanol–water partition coefficient (Wildman–Crippen LogP) is 4.22. The quantitative estimate of drug-likeness (QED) is 0.815. The maximum atomic E-state index is 10.7. The van der Waals surface area contributed by atoms with Gasteiger partial charge in [0, 0.05) is 11.3 Å². The molecule has 0 atom stereocenters. The van der Waals surface area contributed by atoms with E-state index in [9.17, 15) is 4.79 Å². The fourth-order valence-electron chi connectivity index (χ4n) is 2.06. The molecule has 1 amide bonds. The summed E-state index contributed by atoms with van der Waals surface area (Å²) < 4.78 is 0. The highest BCUT2D eigenvalue weighted by Crippen LogP contribution is 2.33. The molecule has 1 N–H and O–H groups in total. The van der Waals surface area contributed by atoms with Gasteiger partial charge < -0.3 is 5.32 Å². The summed E-state index contributed by atoms with van der Waals surface area (Å²) in [5.74, 6) is 0. The number of hydrogen-bond donors (Lipinski definition) is 1. The minimum atomic E-state index is 0.0865. The standard InChI is InChI=1S/C17H19NO/c1-17(2,3)14-9-10-16(18-12-19)15(11-14)13-7-5-4-6-8-13/h4-12H,1-3H3,(H,18,19). The zero-order chi connectivity index (χ0) is 13.9. The highest BCUT2D eigenvalue weighted by Gasteiger charge is 2.16. The summed E-state index contributed by atoms with van der Waals surface area (Å²) in [6.07, 6.45) is 0.721. The van der Waals surface area contributed by atoms with Crippen LogP contribution in [0.4, 0.5) is 5.69 Å². The van der Waals surface area contributed by atoms with Crippen LogP contribution in [0.2, 0.25) is 0 Å². The topological polar surface area (TPSA) is 29.1 Å². The molecule has 0 saturated carbocycles. The minimum Gasteiger partial charge on any atom is -0.328 e. The van der Waals surface area contributed by atoms with Gasteiger partial charge in [0.1, 0.15) is 0 Å². The van der Waals surface area contributed by atoms with Crippen LogP contribution >= 0.6 is 0 Å². The van der Waals surface area contributed by atoms with E-state index in [1.165, 1.54) is 5.56 Å². The summed E-state index contributed by atoms with van der Waals surface area (Å²) in [6.45, 7) is 6.55. The Morgan fingerprint density at radius 1 is 1.00 bits per heavy atom. The third-order valence-corrected chi connectivity index (χ3v) is 3.18. The predicted molar refractivity (Wildman–Crippen MR) is 80.3 cm³/mol. The molecule has 0 unspecified atom stereocenters. The molecule has 19 heavy (non-hydrogen) atoms. The Morgan fingerprint density at radius 2 is 1.68 bits per heavy atom. The van der Waals surface area contributed by atoms with Gasteiger partial charge in [0.15, 0.2) is 0 Å². The number of hydrogen-bond acceptors (Lipinski definition) is 1. The van der Waals surface area contributed by atoms with Crippen LogP contribution < -0.4 is 5.32 Å². The number of nitrogens with one attached hydrogen (secondary N) is 1. The van der Waals surface area contributed by atoms with E-state index in [-0.39, 0.29) is 5.41 Å². The van der Waals surface area contributed by atoms with Crippen LogP contribution in [0.5, 0.6) is 0 Å². The molecule has 0 aliphatic heterocycles. The molecule has 0 spiro atoms. The number of carbonyl (C=O) groups excluding carboxylic acids is 1. The third-order valence-electron chi connectivity index (χ3n) is 3.18. The minimum absolute atomic E-state index is 0.0865. The maximum absolute atomic E-state index is 10.7. The first-order valence-corrected chi connectivity index (χ1v) is 6.42. The van der Waals surface area contributed by atoms with Crippen molar-refractivity contribution in [3.05, 3.63) is 54.1 Å². The molecular weight excluding hydrogens is 234 g/mol. The van der Waals surface area contributed by atoms with Crippen molar-refractivity contribution in [3.8, 4) is 11.1 Å². The van der Waals surface area contributed by atoms with Crippen molar-refractivity contribution in [1.29, 1.82) is 0 Å².